The van der Waals surface area contributed by atoms with Crippen molar-refractivity contribution in [2.75, 3.05) is 18.0 Å². The molecule has 1 amide bonds. The number of halogens is 3. The van der Waals surface area contributed by atoms with E-state index in [9.17, 15) is 13.6 Å². The molecule has 0 spiro atoms. The third kappa shape index (κ3) is 3.16. The van der Waals surface area contributed by atoms with Crippen LogP contribution in [0.5, 0.6) is 0 Å². The van der Waals surface area contributed by atoms with Crippen LogP contribution in [0.4, 0.5) is 19.3 Å². The Kier molecular flexibility index (Phi) is 4.02. The van der Waals surface area contributed by atoms with Gasteiger partial charge in [0.25, 0.3) is 0 Å². The molecule has 0 aromatic heterocycles. The molecule has 1 aromatic carbocycles. The van der Waals surface area contributed by atoms with E-state index in [2.05, 4.69) is 15.9 Å². The average Bonchev–Trinajstić information content (AvgIpc) is 3.00. The van der Waals surface area contributed by atoms with Crippen LogP contribution in [0, 0.1) is 11.6 Å². The van der Waals surface area contributed by atoms with Crippen LogP contribution in [0.2, 0.25) is 0 Å². The minimum Gasteiger partial charge on any atom is -0.444 e. The molecule has 2 fully saturated rings. The smallest absolute Gasteiger partial charge is 0.410 e. The van der Waals surface area contributed by atoms with E-state index in [0.717, 1.165) is 12.5 Å². The number of amides is 1. The summed E-state index contributed by atoms with van der Waals surface area (Å²) in [4.78, 5) is 15.7. The standard InChI is InChI=1S/C16H19BrF2N2O2/c1-16(2,3)23-15(22)21-8-9-4-10(21)7-20(9)14-6-12(18)11(17)5-13(14)19/h5-6,9-10H,4,7-8H2,1-3H3/t9-,10-/m0/s1. The second-order valence-electron chi connectivity index (χ2n) is 7.05. The summed E-state index contributed by atoms with van der Waals surface area (Å²) in [5, 5.41) is 0. The van der Waals surface area contributed by atoms with E-state index in [1.807, 2.05) is 25.7 Å². The van der Waals surface area contributed by atoms with Crippen molar-refractivity contribution in [3.05, 3.63) is 28.2 Å². The fourth-order valence-electron chi connectivity index (χ4n) is 3.24. The lowest BCUT2D eigenvalue weighted by Crippen LogP contribution is -2.50. The topological polar surface area (TPSA) is 32.8 Å². The van der Waals surface area contributed by atoms with Crippen LogP contribution in [0.1, 0.15) is 27.2 Å². The number of likely N-dealkylation sites (tertiary alicyclic amines) is 1. The van der Waals surface area contributed by atoms with E-state index in [-0.39, 0.29) is 28.3 Å². The fraction of sp³-hybridized carbons (Fsp3) is 0.562. The van der Waals surface area contributed by atoms with Crippen molar-refractivity contribution in [2.45, 2.75) is 44.9 Å². The summed E-state index contributed by atoms with van der Waals surface area (Å²) in [5.41, 5.74) is -0.290. The number of nitrogens with zero attached hydrogens (tertiary/aromatic N) is 2. The Morgan fingerprint density at radius 3 is 2.48 bits per heavy atom. The highest BCUT2D eigenvalue weighted by atomic mass is 79.9. The van der Waals surface area contributed by atoms with Crippen LogP contribution in [-0.2, 0) is 4.74 Å². The molecule has 4 nitrogen and oxygen atoms in total. The lowest BCUT2D eigenvalue weighted by atomic mass is 10.2. The molecular weight excluding hydrogens is 370 g/mol. The zero-order valence-corrected chi connectivity index (χ0v) is 14.9. The van der Waals surface area contributed by atoms with Crippen molar-refractivity contribution in [3.8, 4) is 0 Å². The molecule has 7 heteroatoms. The van der Waals surface area contributed by atoms with Crippen LogP contribution < -0.4 is 4.90 Å². The number of hydrogen-bond donors (Lipinski definition) is 0. The Hall–Kier alpha value is -1.37. The Morgan fingerprint density at radius 2 is 1.91 bits per heavy atom. The molecule has 2 aliphatic heterocycles. The summed E-state index contributed by atoms with van der Waals surface area (Å²) in [5.74, 6) is -0.956. The molecule has 2 atom stereocenters. The van der Waals surface area contributed by atoms with Gasteiger partial charge in [-0.2, -0.15) is 0 Å². The summed E-state index contributed by atoms with van der Waals surface area (Å²) in [7, 11) is 0. The van der Waals surface area contributed by atoms with Gasteiger partial charge in [-0.15, -0.1) is 0 Å². The molecule has 126 valence electrons. The third-order valence-corrected chi connectivity index (χ3v) is 4.78. The number of benzene rings is 1. The van der Waals surface area contributed by atoms with E-state index in [1.54, 1.807) is 4.90 Å². The number of hydrogen-bond acceptors (Lipinski definition) is 3. The summed E-state index contributed by atoms with van der Waals surface area (Å²) >= 11 is 2.98. The van der Waals surface area contributed by atoms with Gasteiger partial charge in [-0.1, -0.05) is 0 Å². The zero-order chi connectivity index (χ0) is 16.9. The minimum absolute atomic E-state index is 0.0115. The highest BCUT2D eigenvalue weighted by Gasteiger charge is 2.47. The van der Waals surface area contributed by atoms with Gasteiger partial charge in [-0.05, 0) is 49.2 Å². The monoisotopic (exact) mass is 388 g/mol. The first kappa shape index (κ1) is 16.5. The number of rotatable bonds is 1. The normalized spacial score (nSPS) is 23.6. The van der Waals surface area contributed by atoms with Crippen LogP contribution >= 0.6 is 15.9 Å². The summed E-state index contributed by atoms with van der Waals surface area (Å²) in [6, 6.07) is 2.31. The lowest BCUT2D eigenvalue weighted by Gasteiger charge is -2.36. The number of carbonyl (C=O) groups is 1. The Bertz CT molecular complexity index is 648. The number of piperazine rings is 1. The molecular formula is C16H19BrF2N2O2. The average molecular weight is 389 g/mol. The van der Waals surface area contributed by atoms with E-state index in [4.69, 9.17) is 4.74 Å². The summed E-state index contributed by atoms with van der Waals surface area (Å²) in [6.07, 6.45) is 0.406. The van der Waals surface area contributed by atoms with Gasteiger partial charge in [0.2, 0.25) is 0 Å². The SMILES string of the molecule is CC(C)(C)OC(=O)N1C[C@@H]2C[C@H]1CN2c1cc(F)c(Br)cc1F. The molecule has 3 rings (SSSR count). The van der Waals surface area contributed by atoms with Crippen molar-refractivity contribution < 1.29 is 18.3 Å². The van der Waals surface area contributed by atoms with Crippen molar-refractivity contribution >= 4 is 27.7 Å². The van der Waals surface area contributed by atoms with Crippen molar-refractivity contribution in [3.63, 3.8) is 0 Å². The van der Waals surface area contributed by atoms with Gasteiger partial charge in [0.15, 0.2) is 0 Å². The molecule has 2 bridgehead atoms. The number of fused-ring (bicyclic) bond motifs is 2. The molecule has 1 aromatic rings. The predicted octanol–water partition coefficient (Wildman–Crippen LogP) is 3.93. The van der Waals surface area contributed by atoms with Crippen molar-refractivity contribution in [1.82, 2.24) is 4.90 Å². The van der Waals surface area contributed by atoms with Gasteiger partial charge in [0, 0.05) is 25.2 Å². The van der Waals surface area contributed by atoms with Gasteiger partial charge in [-0.25, -0.2) is 13.6 Å². The maximum atomic E-state index is 14.1. The van der Waals surface area contributed by atoms with E-state index in [1.165, 1.54) is 6.07 Å². The molecule has 2 aliphatic rings. The van der Waals surface area contributed by atoms with E-state index >= 15 is 0 Å². The van der Waals surface area contributed by atoms with Crippen LogP contribution in [0.25, 0.3) is 0 Å². The Morgan fingerprint density at radius 1 is 1.22 bits per heavy atom. The zero-order valence-electron chi connectivity index (χ0n) is 13.3. The van der Waals surface area contributed by atoms with Crippen molar-refractivity contribution in [2.24, 2.45) is 0 Å². The molecule has 0 radical (unpaired) electrons. The third-order valence-electron chi connectivity index (χ3n) is 4.17. The maximum absolute atomic E-state index is 14.1. The molecule has 0 unspecified atom stereocenters. The quantitative estimate of drug-likeness (QED) is 0.683. The second kappa shape index (κ2) is 5.61. The van der Waals surface area contributed by atoms with Crippen LogP contribution in [-0.4, -0.2) is 41.8 Å². The van der Waals surface area contributed by atoms with Crippen LogP contribution in [0.3, 0.4) is 0 Å². The fourth-order valence-corrected chi connectivity index (χ4v) is 3.55. The Labute approximate surface area is 142 Å². The minimum atomic E-state index is -0.542. The first-order valence-electron chi connectivity index (χ1n) is 7.56. The molecule has 23 heavy (non-hydrogen) atoms. The Balaban J connectivity index is 1.74. The van der Waals surface area contributed by atoms with Gasteiger partial charge in [-0.3, -0.25) is 0 Å². The highest BCUT2D eigenvalue weighted by molar-refractivity contribution is 9.10. The number of ether oxygens (including phenoxy) is 1. The summed E-state index contributed by atoms with van der Waals surface area (Å²) < 4.78 is 33.4. The first-order chi connectivity index (χ1) is 10.7. The molecule has 0 N–H and O–H groups in total. The first-order valence-corrected chi connectivity index (χ1v) is 8.36. The second-order valence-corrected chi connectivity index (χ2v) is 7.90. The van der Waals surface area contributed by atoms with Crippen molar-refractivity contribution in [1.29, 1.82) is 0 Å². The predicted molar refractivity (Wildman–Crippen MR) is 86.5 cm³/mol. The number of carbonyl (C=O) groups excluding carboxylic acids is 1. The molecule has 0 aliphatic carbocycles. The maximum Gasteiger partial charge on any atom is 0.410 e. The van der Waals surface area contributed by atoms with E-state index < -0.39 is 17.2 Å². The van der Waals surface area contributed by atoms with Gasteiger partial charge < -0.3 is 14.5 Å². The van der Waals surface area contributed by atoms with Crippen LogP contribution in [0.15, 0.2) is 16.6 Å². The highest BCUT2D eigenvalue weighted by Crippen LogP contribution is 2.37. The van der Waals surface area contributed by atoms with Gasteiger partial charge in [0.1, 0.15) is 17.2 Å². The summed E-state index contributed by atoms with van der Waals surface area (Å²) in [6.45, 7) is 6.43. The van der Waals surface area contributed by atoms with E-state index in [0.29, 0.717) is 13.1 Å². The number of anilines is 1. The largest absolute Gasteiger partial charge is 0.444 e. The van der Waals surface area contributed by atoms with Gasteiger partial charge in [0.05, 0.1) is 16.2 Å². The molecule has 2 saturated heterocycles. The molecule has 2 heterocycles. The van der Waals surface area contributed by atoms with Gasteiger partial charge >= 0.3 is 6.09 Å². The lowest BCUT2D eigenvalue weighted by molar-refractivity contribution is 0.0214. The molecule has 0 saturated carbocycles.